The standard InChI is InChI=1S/C17H29N3S/c1-3-7-14-16(12-18-2)21-17(19-14)20-11-6-10-15(20)13-8-4-5-9-13/h13,15,18H,3-12H2,1-2H3. The lowest BCUT2D eigenvalue weighted by atomic mass is 9.96. The van der Waals surface area contributed by atoms with E-state index in [1.54, 1.807) is 0 Å². The van der Waals surface area contributed by atoms with Crippen molar-refractivity contribution in [2.24, 2.45) is 5.92 Å². The van der Waals surface area contributed by atoms with Crippen LogP contribution in [0.4, 0.5) is 5.13 Å². The number of anilines is 1. The van der Waals surface area contributed by atoms with Gasteiger partial charge in [-0.3, -0.25) is 0 Å². The zero-order valence-corrected chi connectivity index (χ0v) is 14.3. The fraction of sp³-hybridized carbons (Fsp3) is 0.824. The van der Waals surface area contributed by atoms with Crippen LogP contribution in [0.1, 0.15) is 62.4 Å². The number of aryl methyl sites for hydroxylation is 1. The maximum atomic E-state index is 5.03. The average Bonchev–Trinajstić information content (AvgIpc) is 3.19. The van der Waals surface area contributed by atoms with E-state index in [1.807, 2.05) is 18.4 Å². The Balaban J connectivity index is 1.79. The van der Waals surface area contributed by atoms with Gasteiger partial charge in [-0.25, -0.2) is 4.98 Å². The van der Waals surface area contributed by atoms with Gasteiger partial charge < -0.3 is 10.2 Å². The maximum absolute atomic E-state index is 5.03. The average molecular weight is 308 g/mol. The summed E-state index contributed by atoms with van der Waals surface area (Å²) in [4.78, 5) is 9.13. The van der Waals surface area contributed by atoms with Gasteiger partial charge in [0.1, 0.15) is 0 Å². The second-order valence-corrected chi connectivity index (χ2v) is 7.66. The summed E-state index contributed by atoms with van der Waals surface area (Å²) >= 11 is 1.94. The first kappa shape index (κ1) is 15.3. The summed E-state index contributed by atoms with van der Waals surface area (Å²) in [5.74, 6) is 0.929. The van der Waals surface area contributed by atoms with E-state index in [1.165, 1.54) is 67.2 Å². The Hall–Kier alpha value is -0.610. The Morgan fingerprint density at radius 1 is 1.24 bits per heavy atom. The van der Waals surface area contributed by atoms with Crippen molar-refractivity contribution in [2.75, 3.05) is 18.5 Å². The van der Waals surface area contributed by atoms with Crippen LogP contribution in [0.2, 0.25) is 0 Å². The molecule has 21 heavy (non-hydrogen) atoms. The molecule has 0 spiro atoms. The molecule has 1 aromatic heterocycles. The predicted octanol–water partition coefficient (Wildman–Crippen LogP) is 3.97. The van der Waals surface area contributed by atoms with Gasteiger partial charge in [0, 0.05) is 24.0 Å². The Labute approximate surface area is 133 Å². The summed E-state index contributed by atoms with van der Waals surface area (Å²) in [5.41, 5.74) is 1.34. The number of hydrogen-bond donors (Lipinski definition) is 1. The summed E-state index contributed by atoms with van der Waals surface area (Å²) < 4.78 is 0. The van der Waals surface area contributed by atoms with Crippen molar-refractivity contribution in [2.45, 2.75) is 70.9 Å². The SMILES string of the molecule is CCCc1nc(N2CCCC2C2CCCC2)sc1CNC. The second-order valence-electron chi connectivity index (χ2n) is 6.59. The first-order chi connectivity index (χ1) is 10.3. The lowest BCUT2D eigenvalue weighted by Crippen LogP contribution is -2.34. The van der Waals surface area contributed by atoms with Gasteiger partial charge >= 0.3 is 0 Å². The van der Waals surface area contributed by atoms with Crippen LogP contribution < -0.4 is 10.2 Å². The summed E-state index contributed by atoms with van der Waals surface area (Å²) in [6, 6.07) is 0.774. The summed E-state index contributed by atoms with van der Waals surface area (Å²) in [6.07, 6.45) is 10.8. The van der Waals surface area contributed by atoms with Crippen LogP contribution in [0.3, 0.4) is 0 Å². The van der Waals surface area contributed by atoms with Gasteiger partial charge in [-0.15, -0.1) is 11.3 Å². The third-order valence-electron chi connectivity index (χ3n) is 5.08. The second kappa shape index (κ2) is 7.10. The van der Waals surface area contributed by atoms with Gasteiger partial charge in [-0.05, 0) is 45.1 Å². The minimum Gasteiger partial charge on any atom is -0.345 e. The van der Waals surface area contributed by atoms with Crippen LogP contribution in [0.5, 0.6) is 0 Å². The number of aromatic nitrogens is 1. The van der Waals surface area contributed by atoms with Crippen LogP contribution in [0.15, 0.2) is 0 Å². The molecule has 2 heterocycles. The first-order valence-electron chi connectivity index (χ1n) is 8.73. The highest BCUT2D eigenvalue weighted by atomic mass is 32.1. The predicted molar refractivity (Wildman–Crippen MR) is 91.2 cm³/mol. The molecule has 0 radical (unpaired) electrons. The topological polar surface area (TPSA) is 28.2 Å². The van der Waals surface area contributed by atoms with E-state index >= 15 is 0 Å². The van der Waals surface area contributed by atoms with Gasteiger partial charge in [0.25, 0.3) is 0 Å². The molecule has 0 amide bonds. The molecule has 1 saturated heterocycles. The molecule has 4 heteroatoms. The molecule has 1 atom stereocenters. The lowest BCUT2D eigenvalue weighted by Gasteiger charge is -2.29. The molecule has 1 aromatic rings. The largest absolute Gasteiger partial charge is 0.345 e. The van der Waals surface area contributed by atoms with Gasteiger partial charge in [0.05, 0.1) is 5.69 Å². The first-order valence-corrected chi connectivity index (χ1v) is 9.55. The quantitative estimate of drug-likeness (QED) is 0.862. The van der Waals surface area contributed by atoms with Crippen molar-refractivity contribution in [1.82, 2.24) is 10.3 Å². The monoisotopic (exact) mass is 307 g/mol. The third-order valence-corrected chi connectivity index (χ3v) is 6.21. The van der Waals surface area contributed by atoms with Crippen LogP contribution in [0.25, 0.3) is 0 Å². The molecule has 3 rings (SSSR count). The van der Waals surface area contributed by atoms with E-state index in [0.29, 0.717) is 0 Å². The van der Waals surface area contributed by atoms with E-state index in [2.05, 4.69) is 17.1 Å². The smallest absolute Gasteiger partial charge is 0.186 e. The molecule has 3 nitrogen and oxygen atoms in total. The lowest BCUT2D eigenvalue weighted by molar-refractivity contribution is 0.430. The minimum atomic E-state index is 0.774. The van der Waals surface area contributed by atoms with E-state index in [9.17, 15) is 0 Å². The molecule has 2 fully saturated rings. The number of hydrogen-bond acceptors (Lipinski definition) is 4. The van der Waals surface area contributed by atoms with Crippen LogP contribution in [-0.2, 0) is 13.0 Å². The molecule has 0 aromatic carbocycles. The zero-order valence-electron chi connectivity index (χ0n) is 13.5. The molecule has 1 unspecified atom stereocenters. The number of nitrogens with zero attached hydrogens (tertiary/aromatic N) is 2. The third kappa shape index (κ3) is 3.26. The van der Waals surface area contributed by atoms with Crippen molar-refractivity contribution in [3.63, 3.8) is 0 Å². The van der Waals surface area contributed by atoms with Crippen molar-refractivity contribution >= 4 is 16.5 Å². The van der Waals surface area contributed by atoms with Crippen LogP contribution in [0, 0.1) is 5.92 Å². The normalized spacial score (nSPS) is 23.3. The fourth-order valence-corrected chi connectivity index (χ4v) is 5.29. The van der Waals surface area contributed by atoms with E-state index < -0.39 is 0 Å². The minimum absolute atomic E-state index is 0.774. The van der Waals surface area contributed by atoms with Crippen molar-refractivity contribution in [3.8, 4) is 0 Å². The number of thiazole rings is 1. The molecule has 1 aliphatic carbocycles. The highest BCUT2D eigenvalue weighted by Crippen LogP contribution is 2.39. The number of rotatable bonds is 6. The van der Waals surface area contributed by atoms with Crippen molar-refractivity contribution in [1.29, 1.82) is 0 Å². The van der Waals surface area contributed by atoms with E-state index in [4.69, 9.17) is 4.98 Å². The Kier molecular flexibility index (Phi) is 5.17. The molecule has 1 N–H and O–H groups in total. The van der Waals surface area contributed by atoms with Gasteiger partial charge in [-0.2, -0.15) is 0 Å². The van der Waals surface area contributed by atoms with Gasteiger partial charge in [-0.1, -0.05) is 26.2 Å². The van der Waals surface area contributed by atoms with Crippen LogP contribution in [-0.4, -0.2) is 24.6 Å². The Morgan fingerprint density at radius 3 is 2.76 bits per heavy atom. The molecule has 0 bridgehead atoms. The molecule has 1 aliphatic heterocycles. The number of nitrogens with one attached hydrogen (secondary N) is 1. The van der Waals surface area contributed by atoms with Crippen molar-refractivity contribution in [3.05, 3.63) is 10.6 Å². The zero-order chi connectivity index (χ0) is 14.7. The summed E-state index contributed by atoms with van der Waals surface area (Å²) in [6.45, 7) is 4.44. The maximum Gasteiger partial charge on any atom is 0.186 e. The van der Waals surface area contributed by atoms with Gasteiger partial charge in [0.15, 0.2) is 5.13 Å². The molecular formula is C17H29N3S. The molecule has 1 saturated carbocycles. The molecule has 118 valence electrons. The van der Waals surface area contributed by atoms with E-state index in [-0.39, 0.29) is 0 Å². The Bertz CT molecular complexity index is 427. The van der Waals surface area contributed by atoms with Gasteiger partial charge in [0.2, 0.25) is 0 Å². The molecule has 2 aliphatic rings. The van der Waals surface area contributed by atoms with Crippen LogP contribution >= 0.6 is 11.3 Å². The summed E-state index contributed by atoms with van der Waals surface area (Å²) in [5, 5.41) is 4.61. The highest BCUT2D eigenvalue weighted by molar-refractivity contribution is 7.15. The summed E-state index contributed by atoms with van der Waals surface area (Å²) in [7, 11) is 2.03. The molecular weight excluding hydrogens is 278 g/mol. The van der Waals surface area contributed by atoms with Crippen molar-refractivity contribution < 1.29 is 0 Å². The highest BCUT2D eigenvalue weighted by Gasteiger charge is 2.35. The Morgan fingerprint density at radius 2 is 2.05 bits per heavy atom. The van der Waals surface area contributed by atoms with E-state index in [0.717, 1.165) is 24.9 Å². The fourth-order valence-electron chi connectivity index (χ4n) is 4.09.